The molecule has 0 saturated carbocycles. The molecule has 0 bridgehead atoms. The zero-order valence-electron chi connectivity index (χ0n) is 14.6. The number of rotatable bonds is 0. The summed E-state index contributed by atoms with van der Waals surface area (Å²) >= 11 is 0. The predicted molar refractivity (Wildman–Crippen MR) is 111 cm³/mol. The van der Waals surface area contributed by atoms with Crippen molar-refractivity contribution in [2.24, 2.45) is 0 Å². The summed E-state index contributed by atoms with van der Waals surface area (Å²) in [4.78, 5) is 0. The molecule has 0 atom stereocenters. The molecule has 0 aliphatic heterocycles. The molecule has 0 unspecified atom stereocenters. The quantitative estimate of drug-likeness (QED) is 0.284. The average molecular weight is 330 g/mol. The zero-order valence-corrected chi connectivity index (χ0v) is 14.6. The number of hydrogen-bond donors (Lipinski definition) is 0. The Morgan fingerprint density at radius 3 is 1.42 bits per heavy atom. The molecule has 5 aromatic carbocycles. The summed E-state index contributed by atoms with van der Waals surface area (Å²) in [5.41, 5.74) is 6.34. The third-order valence-corrected chi connectivity index (χ3v) is 6.81. The van der Waals surface area contributed by atoms with Crippen LogP contribution in [-0.4, -0.2) is 0 Å². The van der Waals surface area contributed by atoms with Crippen LogP contribution in [0.1, 0.15) is 22.3 Å². The largest absolute Gasteiger partial charge is 0.0614 e. The van der Waals surface area contributed by atoms with Crippen LogP contribution in [0, 0.1) is 0 Å². The smallest absolute Gasteiger partial charge is 0.00612 e. The lowest BCUT2D eigenvalue weighted by Crippen LogP contribution is -2.10. The highest BCUT2D eigenvalue weighted by molar-refractivity contribution is 6.26. The maximum Gasteiger partial charge on any atom is -0.00612 e. The zero-order chi connectivity index (χ0) is 16.8. The first kappa shape index (κ1) is 13.4. The van der Waals surface area contributed by atoms with E-state index >= 15 is 0 Å². The summed E-state index contributed by atoms with van der Waals surface area (Å²) in [7, 11) is 0. The van der Waals surface area contributed by atoms with Crippen LogP contribution in [0.3, 0.4) is 0 Å². The minimum absolute atomic E-state index is 1.18. The summed E-state index contributed by atoms with van der Waals surface area (Å²) in [5, 5.41) is 11.8. The highest BCUT2D eigenvalue weighted by Crippen LogP contribution is 2.46. The second-order valence-corrected chi connectivity index (χ2v) is 7.96. The van der Waals surface area contributed by atoms with Crippen LogP contribution >= 0.6 is 0 Å². The molecule has 122 valence electrons. The molecule has 0 heterocycles. The van der Waals surface area contributed by atoms with E-state index in [1.165, 1.54) is 69.1 Å². The summed E-state index contributed by atoms with van der Waals surface area (Å²) in [6.07, 6.45) is 4.74. The van der Waals surface area contributed by atoms with Crippen molar-refractivity contribution in [3.8, 4) is 0 Å². The van der Waals surface area contributed by atoms with Gasteiger partial charge in [-0.1, -0.05) is 60.7 Å². The summed E-state index contributed by atoms with van der Waals surface area (Å²) in [6, 6.07) is 23.1. The maximum absolute atomic E-state index is 2.37. The van der Waals surface area contributed by atoms with Gasteiger partial charge in [-0.05, 0) is 91.0 Å². The van der Waals surface area contributed by atoms with Crippen LogP contribution in [0.4, 0.5) is 0 Å². The Kier molecular flexibility index (Phi) is 2.29. The lowest BCUT2D eigenvalue weighted by atomic mass is 9.76. The van der Waals surface area contributed by atoms with Crippen LogP contribution in [0.5, 0.6) is 0 Å². The van der Waals surface area contributed by atoms with Crippen molar-refractivity contribution in [2.75, 3.05) is 0 Å². The van der Waals surface area contributed by atoms with E-state index in [0.29, 0.717) is 0 Å². The molecule has 5 aromatic rings. The summed E-state index contributed by atoms with van der Waals surface area (Å²) in [5.74, 6) is 0. The lowest BCUT2D eigenvalue weighted by Gasteiger charge is -2.27. The molecule has 7 rings (SSSR count). The Bertz CT molecular complexity index is 1310. The molecule has 0 saturated heterocycles. The Labute approximate surface area is 152 Å². The SMILES string of the molecule is c1cc2c3c(c1)ccc1c4ccc5cccc6c5c4c(c(c13)CC2)CC6. The van der Waals surface area contributed by atoms with E-state index in [1.54, 1.807) is 21.9 Å². The van der Waals surface area contributed by atoms with Crippen molar-refractivity contribution < 1.29 is 0 Å². The molecule has 26 heavy (non-hydrogen) atoms. The van der Waals surface area contributed by atoms with Gasteiger partial charge < -0.3 is 0 Å². The molecule has 0 spiro atoms. The van der Waals surface area contributed by atoms with Crippen molar-refractivity contribution in [2.45, 2.75) is 25.7 Å². The molecular weight excluding hydrogens is 312 g/mol. The molecule has 0 amide bonds. The van der Waals surface area contributed by atoms with E-state index in [1.807, 2.05) is 0 Å². The van der Waals surface area contributed by atoms with Gasteiger partial charge in [0, 0.05) is 0 Å². The van der Waals surface area contributed by atoms with Crippen molar-refractivity contribution in [1.29, 1.82) is 0 Å². The number of fused-ring (bicyclic) bond motifs is 2. The van der Waals surface area contributed by atoms with E-state index in [4.69, 9.17) is 0 Å². The Morgan fingerprint density at radius 2 is 0.923 bits per heavy atom. The van der Waals surface area contributed by atoms with Crippen LogP contribution in [0.25, 0.3) is 43.1 Å². The predicted octanol–water partition coefficient (Wildman–Crippen LogP) is 6.50. The topological polar surface area (TPSA) is 0 Å². The first-order valence-corrected chi connectivity index (χ1v) is 9.72. The molecule has 0 nitrogen and oxygen atoms in total. The molecule has 0 heteroatoms. The number of hydrogen-bond acceptors (Lipinski definition) is 0. The van der Waals surface area contributed by atoms with Gasteiger partial charge >= 0.3 is 0 Å². The fourth-order valence-electron chi connectivity index (χ4n) is 5.78. The van der Waals surface area contributed by atoms with E-state index < -0.39 is 0 Å². The number of benzene rings is 5. The Hall–Kier alpha value is -2.86. The highest BCUT2D eigenvalue weighted by Gasteiger charge is 2.24. The van der Waals surface area contributed by atoms with E-state index in [0.717, 1.165) is 0 Å². The maximum atomic E-state index is 2.37. The second-order valence-electron chi connectivity index (χ2n) is 7.96. The van der Waals surface area contributed by atoms with E-state index in [9.17, 15) is 0 Å². The van der Waals surface area contributed by atoms with Crippen molar-refractivity contribution in [1.82, 2.24) is 0 Å². The normalized spacial score (nSPS) is 15.1. The van der Waals surface area contributed by atoms with Crippen molar-refractivity contribution >= 4 is 43.1 Å². The van der Waals surface area contributed by atoms with Gasteiger partial charge in [-0.3, -0.25) is 0 Å². The monoisotopic (exact) mass is 330 g/mol. The summed E-state index contributed by atoms with van der Waals surface area (Å²) < 4.78 is 0. The van der Waals surface area contributed by atoms with Crippen LogP contribution in [0.2, 0.25) is 0 Å². The second kappa shape index (κ2) is 4.45. The van der Waals surface area contributed by atoms with Gasteiger partial charge in [0.25, 0.3) is 0 Å². The van der Waals surface area contributed by atoms with Gasteiger partial charge in [-0.25, -0.2) is 0 Å². The average Bonchev–Trinajstić information content (AvgIpc) is 2.70. The van der Waals surface area contributed by atoms with Crippen molar-refractivity contribution in [3.05, 3.63) is 82.9 Å². The molecule has 0 radical (unpaired) electrons. The van der Waals surface area contributed by atoms with Gasteiger partial charge in [-0.2, -0.15) is 0 Å². The molecule has 2 aliphatic carbocycles. The minimum atomic E-state index is 1.18. The summed E-state index contributed by atoms with van der Waals surface area (Å²) in [6.45, 7) is 0. The van der Waals surface area contributed by atoms with Gasteiger partial charge in [0.05, 0.1) is 0 Å². The van der Waals surface area contributed by atoms with Gasteiger partial charge in [0.15, 0.2) is 0 Å². The third-order valence-electron chi connectivity index (χ3n) is 6.81. The van der Waals surface area contributed by atoms with Crippen LogP contribution in [-0.2, 0) is 25.7 Å². The standard InChI is InChI=1S/C26H18/c1-3-15-7-11-19-21-13-9-17-5-2-6-18-10-14-22(26(21)24(17)18)20-12-8-16(4-1)23(15)25(19)20/h1-7,9,11,13H,8,10,12,14H2. The first-order valence-electron chi connectivity index (χ1n) is 9.72. The molecule has 0 aromatic heterocycles. The Balaban J connectivity index is 1.86. The van der Waals surface area contributed by atoms with Crippen molar-refractivity contribution in [3.63, 3.8) is 0 Å². The van der Waals surface area contributed by atoms with E-state index in [-0.39, 0.29) is 0 Å². The highest BCUT2D eigenvalue weighted by atomic mass is 14.3. The Morgan fingerprint density at radius 1 is 0.423 bits per heavy atom. The molecular formula is C26H18. The number of aryl methyl sites for hydroxylation is 4. The minimum Gasteiger partial charge on any atom is -0.0614 e. The molecule has 0 N–H and O–H groups in total. The fourth-order valence-corrected chi connectivity index (χ4v) is 5.78. The van der Waals surface area contributed by atoms with Gasteiger partial charge in [0.2, 0.25) is 0 Å². The fraction of sp³-hybridized carbons (Fsp3) is 0.154. The van der Waals surface area contributed by atoms with Gasteiger partial charge in [-0.15, -0.1) is 0 Å². The molecule has 2 aliphatic rings. The first-order chi connectivity index (χ1) is 12.9. The lowest BCUT2D eigenvalue weighted by molar-refractivity contribution is 0.905. The van der Waals surface area contributed by atoms with E-state index in [2.05, 4.69) is 60.7 Å². The molecule has 0 fully saturated rings. The van der Waals surface area contributed by atoms with Crippen LogP contribution in [0.15, 0.2) is 60.7 Å². The van der Waals surface area contributed by atoms with Gasteiger partial charge in [0.1, 0.15) is 0 Å². The third kappa shape index (κ3) is 1.44. The van der Waals surface area contributed by atoms with Crippen LogP contribution < -0.4 is 0 Å².